The first kappa shape index (κ1) is 11.6. The van der Waals surface area contributed by atoms with Gasteiger partial charge in [-0.25, -0.2) is 4.79 Å². The lowest BCUT2D eigenvalue weighted by Gasteiger charge is -2.14. The Labute approximate surface area is 90.7 Å². The van der Waals surface area contributed by atoms with E-state index in [-0.39, 0.29) is 6.09 Å². The van der Waals surface area contributed by atoms with Gasteiger partial charge in [-0.2, -0.15) is 0 Å². The van der Waals surface area contributed by atoms with E-state index < -0.39 is 0 Å². The Morgan fingerprint density at radius 1 is 1.33 bits per heavy atom. The molecule has 1 rings (SSSR count). The summed E-state index contributed by atoms with van der Waals surface area (Å²) < 4.78 is 4.60. The summed E-state index contributed by atoms with van der Waals surface area (Å²) in [4.78, 5) is 12.6. The minimum Gasteiger partial charge on any atom is -0.453 e. The first-order chi connectivity index (χ1) is 7.24. The summed E-state index contributed by atoms with van der Waals surface area (Å²) in [5.74, 6) is 0. The van der Waals surface area contributed by atoms with E-state index >= 15 is 0 Å². The van der Waals surface area contributed by atoms with Crippen LogP contribution in [0.3, 0.4) is 0 Å². The molecule has 0 aliphatic heterocycles. The molecule has 3 nitrogen and oxygen atoms in total. The molecule has 0 spiro atoms. The van der Waals surface area contributed by atoms with Crippen molar-refractivity contribution in [1.29, 1.82) is 0 Å². The Hall–Kier alpha value is -1.51. The number of rotatable bonds is 4. The third-order valence-electron chi connectivity index (χ3n) is 2.29. The molecule has 3 heteroatoms. The molecule has 15 heavy (non-hydrogen) atoms. The smallest absolute Gasteiger partial charge is 0.409 e. The van der Waals surface area contributed by atoms with E-state index in [4.69, 9.17) is 0 Å². The van der Waals surface area contributed by atoms with Crippen molar-refractivity contribution in [2.75, 3.05) is 20.7 Å². The van der Waals surface area contributed by atoms with Gasteiger partial charge >= 0.3 is 6.09 Å². The van der Waals surface area contributed by atoms with Crippen molar-refractivity contribution in [3.8, 4) is 0 Å². The minimum absolute atomic E-state index is 0.275. The molecule has 0 N–H and O–H groups in total. The van der Waals surface area contributed by atoms with Crippen molar-refractivity contribution in [3.63, 3.8) is 0 Å². The fourth-order valence-electron chi connectivity index (χ4n) is 1.41. The van der Waals surface area contributed by atoms with Gasteiger partial charge < -0.3 is 9.64 Å². The number of aryl methyl sites for hydroxylation is 1. The molecule has 0 aromatic heterocycles. The van der Waals surface area contributed by atoms with Crippen molar-refractivity contribution in [2.24, 2.45) is 0 Å². The van der Waals surface area contributed by atoms with E-state index in [1.54, 1.807) is 11.9 Å². The van der Waals surface area contributed by atoms with Crippen LogP contribution in [0.4, 0.5) is 4.79 Å². The van der Waals surface area contributed by atoms with Gasteiger partial charge in [0.15, 0.2) is 0 Å². The second kappa shape index (κ2) is 6.06. The first-order valence-electron chi connectivity index (χ1n) is 5.07. The molecule has 82 valence electrons. The zero-order valence-corrected chi connectivity index (χ0v) is 9.27. The van der Waals surface area contributed by atoms with Crippen LogP contribution >= 0.6 is 0 Å². The van der Waals surface area contributed by atoms with Crippen LogP contribution in [-0.2, 0) is 11.2 Å². The molecule has 0 saturated carbocycles. The predicted molar refractivity (Wildman–Crippen MR) is 59.8 cm³/mol. The number of carbonyl (C=O) groups excluding carboxylic acids is 1. The molecule has 1 aromatic carbocycles. The van der Waals surface area contributed by atoms with E-state index in [1.165, 1.54) is 12.7 Å². The molecule has 0 unspecified atom stereocenters. The highest BCUT2D eigenvalue weighted by atomic mass is 16.5. The zero-order valence-electron chi connectivity index (χ0n) is 9.27. The first-order valence-corrected chi connectivity index (χ1v) is 5.07. The summed E-state index contributed by atoms with van der Waals surface area (Å²) in [5, 5.41) is 0. The van der Waals surface area contributed by atoms with E-state index in [2.05, 4.69) is 16.9 Å². The Balaban J connectivity index is 2.25. The van der Waals surface area contributed by atoms with E-state index in [1.807, 2.05) is 18.2 Å². The van der Waals surface area contributed by atoms with Gasteiger partial charge in [-0.3, -0.25) is 0 Å². The van der Waals surface area contributed by atoms with Crippen LogP contribution in [-0.4, -0.2) is 31.7 Å². The second-order valence-electron chi connectivity index (χ2n) is 3.48. The van der Waals surface area contributed by atoms with Gasteiger partial charge in [-0.1, -0.05) is 30.3 Å². The molecule has 0 bridgehead atoms. The Kier molecular flexibility index (Phi) is 4.68. The number of methoxy groups -OCH3 is 1. The zero-order chi connectivity index (χ0) is 11.1. The van der Waals surface area contributed by atoms with Gasteiger partial charge in [0.25, 0.3) is 0 Å². The van der Waals surface area contributed by atoms with Crippen molar-refractivity contribution in [3.05, 3.63) is 35.9 Å². The van der Waals surface area contributed by atoms with E-state index in [0.717, 1.165) is 19.4 Å². The maximum atomic E-state index is 11.1. The van der Waals surface area contributed by atoms with Crippen LogP contribution in [0.2, 0.25) is 0 Å². The number of ether oxygens (including phenoxy) is 1. The Morgan fingerprint density at radius 2 is 2.00 bits per heavy atom. The lowest BCUT2D eigenvalue weighted by molar-refractivity contribution is 0.133. The lowest BCUT2D eigenvalue weighted by Crippen LogP contribution is -2.27. The summed E-state index contributed by atoms with van der Waals surface area (Å²) in [6.07, 6.45) is 1.67. The van der Waals surface area contributed by atoms with Crippen LogP contribution in [0.15, 0.2) is 30.3 Å². The van der Waals surface area contributed by atoms with Gasteiger partial charge in [0, 0.05) is 13.6 Å². The predicted octanol–water partition coefficient (Wildman–Crippen LogP) is 2.32. The number of nitrogens with zero attached hydrogens (tertiary/aromatic N) is 1. The molecule has 1 aromatic rings. The molecule has 0 fully saturated rings. The SMILES string of the molecule is COC(=O)N(C)CCCc1ccccc1. The molecule has 0 aliphatic carbocycles. The van der Waals surface area contributed by atoms with Gasteiger partial charge in [0.1, 0.15) is 0 Å². The van der Waals surface area contributed by atoms with Crippen LogP contribution < -0.4 is 0 Å². The molecule has 0 saturated heterocycles. The summed E-state index contributed by atoms with van der Waals surface area (Å²) in [7, 11) is 3.15. The Morgan fingerprint density at radius 3 is 2.60 bits per heavy atom. The topological polar surface area (TPSA) is 29.5 Å². The highest BCUT2D eigenvalue weighted by Gasteiger charge is 2.06. The normalized spacial score (nSPS) is 9.73. The fraction of sp³-hybridized carbons (Fsp3) is 0.417. The monoisotopic (exact) mass is 207 g/mol. The quantitative estimate of drug-likeness (QED) is 0.758. The van der Waals surface area contributed by atoms with Crippen molar-refractivity contribution < 1.29 is 9.53 Å². The molecule has 0 aliphatic rings. The van der Waals surface area contributed by atoms with Crippen molar-refractivity contribution >= 4 is 6.09 Å². The van der Waals surface area contributed by atoms with Crippen LogP contribution in [0.5, 0.6) is 0 Å². The highest BCUT2D eigenvalue weighted by Crippen LogP contribution is 2.03. The molecular formula is C12H17NO2. The Bertz CT molecular complexity index is 298. The van der Waals surface area contributed by atoms with Gasteiger partial charge in [0.05, 0.1) is 7.11 Å². The van der Waals surface area contributed by atoms with Crippen LogP contribution in [0.25, 0.3) is 0 Å². The van der Waals surface area contributed by atoms with Gasteiger partial charge in [0.2, 0.25) is 0 Å². The van der Waals surface area contributed by atoms with Crippen molar-refractivity contribution in [2.45, 2.75) is 12.8 Å². The third kappa shape index (κ3) is 4.02. The average Bonchev–Trinajstić information content (AvgIpc) is 2.29. The summed E-state index contributed by atoms with van der Waals surface area (Å²) in [6.45, 7) is 0.724. The standard InChI is InChI=1S/C12H17NO2/c1-13(12(14)15-2)10-6-9-11-7-4-3-5-8-11/h3-5,7-8H,6,9-10H2,1-2H3. The molecule has 0 heterocycles. The third-order valence-corrected chi connectivity index (χ3v) is 2.29. The molecule has 0 atom stereocenters. The molecular weight excluding hydrogens is 190 g/mol. The van der Waals surface area contributed by atoms with E-state index in [9.17, 15) is 4.79 Å². The fourth-order valence-corrected chi connectivity index (χ4v) is 1.41. The number of hydrogen-bond acceptors (Lipinski definition) is 2. The van der Waals surface area contributed by atoms with Crippen molar-refractivity contribution in [1.82, 2.24) is 4.90 Å². The van der Waals surface area contributed by atoms with Gasteiger partial charge in [-0.15, -0.1) is 0 Å². The van der Waals surface area contributed by atoms with Crippen LogP contribution in [0, 0.1) is 0 Å². The maximum Gasteiger partial charge on any atom is 0.409 e. The summed E-state index contributed by atoms with van der Waals surface area (Å²) >= 11 is 0. The number of amides is 1. The van der Waals surface area contributed by atoms with Gasteiger partial charge in [-0.05, 0) is 18.4 Å². The summed E-state index contributed by atoms with van der Waals surface area (Å²) in [6, 6.07) is 10.2. The minimum atomic E-state index is -0.275. The average molecular weight is 207 g/mol. The molecule has 1 amide bonds. The lowest BCUT2D eigenvalue weighted by atomic mass is 10.1. The second-order valence-corrected chi connectivity index (χ2v) is 3.48. The molecule has 0 radical (unpaired) electrons. The largest absolute Gasteiger partial charge is 0.453 e. The number of benzene rings is 1. The summed E-state index contributed by atoms with van der Waals surface area (Å²) in [5.41, 5.74) is 1.30. The maximum absolute atomic E-state index is 11.1. The highest BCUT2D eigenvalue weighted by molar-refractivity contribution is 5.66. The number of hydrogen-bond donors (Lipinski definition) is 0. The van der Waals surface area contributed by atoms with E-state index in [0.29, 0.717) is 0 Å². The van der Waals surface area contributed by atoms with Crippen LogP contribution in [0.1, 0.15) is 12.0 Å². The number of carbonyl (C=O) groups is 1.